The number of hydrogen-bond acceptors (Lipinski definition) is 3. The smallest absolute Gasteiger partial charge is 0.387 e. The van der Waals surface area contributed by atoms with Crippen LogP contribution < -0.4 is 14.8 Å². The number of methoxy groups -OCH3 is 1. The molecule has 1 N–H and O–H groups in total. The van der Waals surface area contributed by atoms with Gasteiger partial charge in [0.1, 0.15) is 0 Å². The van der Waals surface area contributed by atoms with Gasteiger partial charge in [-0.15, -0.1) is 0 Å². The first-order valence-corrected chi connectivity index (χ1v) is 7.47. The predicted molar refractivity (Wildman–Crippen MR) is 86.8 cm³/mol. The molecule has 0 unspecified atom stereocenters. The molecule has 2 aromatic rings. The third kappa shape index (κ3) is 4.68. The number of nitrogens with one attached hydrogen (secondary N) is 1. The zero-order valence-electron chi connectivity index (χ0n) is 13.5. The van der Waals surface area contributed by atoms with E-state index in [1.807, 2.05) is 37.3 Å². The van der Waals surface area contributed by atoms with Crippen molar-refractivity contribution in [1.29, 1.82) is 0 Å². The maximum absolute atomic E-state index is 12.3. The molecule has 0 aliphatic carbocycles. The quantitative estimate of drug-likeness (QED) is 0.836. The van der Waals surface area contributed by atoms with Gasteiger partial charge in [0.05, 0.1) is 7.11 Å². The Morgan fingerprint density at radius 3 is 2.46 bits per heavy atom. The maximum Gasteiger partial charge on any atom is 0.387 e. The Balaban J connectivity index is 2.02. The second-order valence-corrected chi connectivity index (χ2v) is 5.27. The fourth-order valence-corrected chi connectivity index (χ4v) is 2.25. The summed E-state index contributed by atoms with van der Waals surface area (Å²) in [6.45, 7) is -0.485. The number of carbonyl (C=O) groups is 1. The Bertz CT molecular complexity index is 677. The third-order valence-electron chi connectivity index (χ3n) is 3.58. The van der Waals surface area contributed by atoms with E-state index >= 15 is 0 Å². The van der Waals surface area contributed by atoms with Crippen molar-refractivity contribution in [2.45, 2.75) is 19.5 Å². The molecule has 0 saturated heterocycles. The lowest BCUT2D eigenvalue weighted by Crippen LogP contribution is -2.27. The number of hydrogen-bond donors (Lipinski definition) is 1. The molecule has 0 aromatic heterocycles. The minimum atomic E-state index is -2.95. The van der Waals surface area contributed by atoms with Gasteiger partial charge in [-0.05, 0) is 29.7 Å². The van der Waals surface area contributed by atoms with Gasteiger partial charge < -0.3 is 14.8 Å². The number of halogens is 2. The van der Waals surface area contributed by atoms with Gasteiger partial charge in [-0.2, -0.15) is 8.78 Å². The van der Waals surface area contributed by atoms with E-state index in [0.717, 1.165) is 5.56 Å². The van der Waals surface area contributed by atoms with Gasteiger partial charge in [0, 0.05) is 12.1 Å². The van der Waals surface area contributed by atoms with Crippen molar-refractivity contribution in [2.75, 3.05) is 13.7 Å². The van der Waals surface area contributed by atoms with E-state index in [-0.39, 0.29) is 23.3 Å². The zero-order chi connectivity index (χ0) is 17.5. The summed E-state index contributed by atoms with van der Waals surface area (Å²) in [7, 11) is 1.33. The van der Waals surface area contributed by atoms with Gasteiger partial charge in [-0.1, -0.05) is 37.3 Å². The molecule has 0 saturated carbocycles. The highest BCUT2D eigenvalue weighted by Crippen LogP contribution is 2.29. The summed E-state index contributed by atoms with van der Waals surface area (Å²) < 4.78 is 33.9. The molecule has 6 heteroatoms. The van der Waals surface area contributed by atoms with Crippen molar-refractivity contribution in [3.63, 3.8) is 0 Å². The fraction of sp³-hybridized carbons (Fsp3) is 0.278. The number of carbonyl (C=O) groups excluding carboxylic acids is 1. The van der Waals surface area contributed by atoms with Crippen LogP contribution >= 0.6 is 0 Å². The predicted octanol–water partition coefficient (Wildman–Crippen LogP) is 3.83. The molecule has 128 valence electrons. The molecule has 0 heterocycles. The molecule has 0 fully saturated rings. The molecule has 4 nitrogen and oxygen atoms in total. The first kappa shape index (κ1) is 17.7. The van der Waals surface area contributed by atoms with E-state index in [1.165, 1.54) is 25.3 Å². The molecule has 0 spiro atoms. The lowest BCUT2D eigenvalue weighted by molar-refractivity contribution is -0.0512. The Labute approximate surface area is 139 Å². The normalized spacial score (nSPS) is 11.9. The summed E-state index contributed by atoms with van der Waals surface area (Å²) in [5.74, 6) is -0.182. The van der Waals surface area contributed by atoms with Gasteiger partial charge in [-0.25, -0.2) is 0 Å². The van der Waals surface area contributed by atoms with Gasteiger partial charge >= 0.3 is 6.61 Å². The van der Waals surface area contributed by atoms with Gasteiger partial charge in [0.25, 0.3) is 5.91 Å². The molecule has 2 rings (SSSR count). The van der Waals surface area contributed by atoms with Crippen molar-refractivity contribution in [2.24, 2.45) is 0 Å². The maximum atomic E-state index is 12.3. The average molecular weight is 335 g/mol. The Morgan fingerprint density at radius 2 is 1.83 bits per heavy atom. The van der Waals surface area contributed by atoms with Crippen LogP contribution in [0.4, 0.5) is 8.78 Å². The Kier molecular flexibility index (Phi) is 6.12. The van der Waals surface area contributed by atoms with Crippen LogP contribution in [0.3, 0.4) is 0 Å². The first-order valence-electron chi connectivity index (χ1n) is 7.47. The van der Waals surface area contributed by atoms with Crippen LogP contribution in [-0.4, -0.2) is 26.2 Å². The highest BCUT2D eigenvalue weighted by Gasteiger charge is 2.15. The van der Waals surface area contributed by atoms with Crippen LogP contribution in [0.5, 0.6) is 11.5 Å². The summed E-state index contributed by atoms with van der Waals surface area (Å²) in [5.41, 5.74) is 1.43. The van der Waals surface area contributed by atoms with Crippen LogP contribution in [-0.2, 0) is 0 Å². The van der Waals surface area contributed by atoms with Crippen molar-refractivity contribution in [3.05, 3.63) is 59.7 Å². The van der Waals surface area contributed by atoms with E-state index in [2.05, 4.69) is 10.1 Å². The molecule has 0 bridgehead atoms. The van der Waals surface area contributed by atoms with Crippen LogP contribution in [0, 0.1) is 0 Å². The van der Waals surface area contributed by atoms with Crippen LogP contribution in [0.25, 0.3) is 0 Å². The fourth-order valence-electron chi connectivity index (χ4n) is 2.25. The topological polar surface area (TPSA) is 47.6 Å². The molecule has 0 aliphatic rings. The molecule has 0 radical (unpaired) electrons. The largest absolute Gasteiger partial charge is 0.493 e. The lowest BCUT2D eigenvalue weighted by atomic mass is 10.0. The zero-order valence-corrected chi connectivity index (χ0v) is 13.5. The van der Waals surface area contributed by atoms with E-state index in [4.69, 9.17) is 4.74 Å². The highest BCUT2D eigenvalue weighted by molar-refractivity contribution is 5.94. The van der Waals surface area contributed by atoms with Crippen molar-refractivity contribution < 1.29 is 23.0 Å². The number of amides is 1. The van der Waals surface area contributed by atoms with Gasteiger partial charge in [-0.3, -0.25) is 4.79 Å². The van der Waals surface area contributed by atoms with Crippen LogP contribution in [0.1, 0.15) is 28.8 Å². The van der Waals surface area contributed by atoms with Crippen molar-refractivity contribution in [3.8, 4) is 11.5 Å². The molecular weight excluding hydrogens is 316 g/mol. The van der Waals surface area contributed by atoms with Crippen LogP contribution in [0.15, 0.2) is 48.5 Å². The number of alkyl halides is 2. The molecule has 24 heavy (non-hydrogen) atoms. The lowest BCUT2D eigenvalue weighted by Gasteiger charge is -2.14. The molecule has 1 amide bonds. The second kappa shape index (κ2) is 8.29. The minimum Gasteiger partial charge on any atom is -0.493 e. The third-order valence-corrected chi connectivity index (χ3v) is 3.58. The molecule has 2 aromatic carbocycles. The number of benzene rings is 2. The molecule has 1 atom stereocenters. The van der Waals surface area contributed by atoms with E-state index < -0.39 is 6.61 Å². The van der Waals surface area contributed by atoms with E-state index in [0.29, 0.717) is 12.1 Å². The Hall–Kier alpha value is -2.63. The monoisotopic (exact) mass is 335 g/mol. The van der Waals surface area contributed by atoms with Crippen molar-refractivity contribution >= 4 is 5.91 Å². The minimum absolute atomic E-state index is 0.0825. The summed E-state index contributed by atoms with van der Waals surface area (Å²) in [4.78, 5) is 12.2. The molecular formula is C18H19F2NO3. The van der Waals surface area contributed by atoms with Crippen molar-refractivity contribution in [1.82, 2.24) is 5.32 Å². The highest BCUT2D eigenvalue weighted by atomic mass is 19.3. The number of rotatable bonds is 7. The van der Waals surface area contributed by atoms with Gasteiger partial charge in [0.2, 0.25) is 0 Å². The summed E-state index contributed by atoms with van der Waals surface area (Å²) >= 11 is 0. The Morgan fingerprint density at radius 1 is 1.12 bits per heavy atom. The summed E-state index contributed by atoms with van der Waals surface area (Å²) in [6, 6.07) is 13.9. The molecule has 0 aliphatic heterocycles. The SMILES string of the molecule is COc1cc(C(=O)NC[C@@H](C)c2ccccc2)ccc1OC(F)F. The van der Waals surface area contributed by atoms with E-state index in [9.17, 15) is 13.6 Å². The average Bonchev–Trinajstić information content (AvgIpc) is 2.60. The standard InChI is InChI=1S/C18H19F2NO3/c1-12(13-6-4-3-5-7-13)11-21-17(22)14-8-9-15(24-18(19)20)16(10-14)23-2/h3-10,12,18H,11H2,1-2H3,(H,21,22)/t12-/m1/s1. The van der Waals surface area contributed by atoms with E-state index in [1.54, 1.807) is 0 Å². The first-order chi connectivity index (χ1) is 11.5. The van der Waals surface area contributed by atoms with Gasteiger partial charge in [0.15, 0.2) is 11.5 Å². The number of ether oxygens (including phenoxy) is 2. The summed E-state index contributed by atoms with van der Waals surface area (Å²) in [5, 5.41) is 2.83. The summed E-state index contributed by atoms with van der Waals surface area (Å²) in [6.07, 6.45) is 0. The van der Waals surface area contributed by atoms with Crippen LogP contribution in [0.2, 0.25) is 0 Å². The second-order valence-electron chi connectivity index (χ2n) is 5.27.